The summed E-state index contributed by atoms with van der Waals surface area (Å²) in [5.74, 6) is 0.801. The van der Waals surface area contributed by atoms with Crippen LogP contribution in [0.25, 0.3) is 0 Å². The lowest BCUT2D eigenvalue weighted by molar-refractivity contribution is 0.402. The van der Waals surface area contributed by atoms with Gasteiger partial charge in [-0.05, 0) is 43.0 Å². The van der Waals surface area contributed by atoms with E-state index in [-0.39, 0.29) is 10.9 Å². The standard InChI is InChI=1S/C15H24N2O3S/c1-4-7-16-10-12-5-6-14(20-3)15(9-12)21(18,19)17-13-8-11(13)2/h5-6,9,11,13,16-17H,4,7-8,10H2,1-3H3. The molecule has 1 fully saturated rings. The maximum Gasteiger partial charge on any atom is 0.244 e. The minimum atomic E-state index is -3.53. The molecule has 1 saturated carbocycles. The first-order chi connectivity index (χ1) is 9.97. The molecular weight excluding hydrogens is 288 g/mol. The van der Waals surface area contributed by atoms with E-state index < -0.39 is 10.0 Å². The third kappa shape index (κ3) is 4.18. The Kier molecular flexibility index (Phi) is 5.24. The Morgan fingerprint density at radius 3 is 2.67 bits per heavy atom. The van der Waals surface area contributed by atoms with Gasteiger partial charge in [-0.25, -0.2) is 13.1 Å². The Morgan fingerprint density at radius 1 is 1.38 bits per heavy atom. The van der Waals surface area contributed by atoms with Crippen molar-refractivity contribution in [2.45, 2.75) is 44.2 Å². The minimum Gasteiger partial charge on any atom is -0.495 e. The van der Waals surface area contributed by atoms with E-state index >= 15 is 0 Å². The van der Waals surface area contributed by atoms with Crippen molar-refractivity contribution >= 4 is 10.0 Å². The van der Waals surface area contributed by atoms with Crippen LogP contribution in [-0.4, -0.2) is 28.1 Å². The van der Waals surface area contributed by atoms with Gasteiger partial charge >= 0.3 is 0 Å². The molecule has 0 spiro atoms. The van der Waals surface area contributed by atoms with Crippen LogP contribution in [0.5, 0.6) is 5.75 Å². The molecule has 0 radical (unpaired) electrons. The molecule has 5 nitrogen and oxygen atoms in total. The Hall–Kier alpha value is -1.11. The van der Waals surface area contributed by atoms with Crippen molar-refractivity contribution in [2.24, 2.45) is 5.92 Å². The largest absolute Gasteiger partial charge is 0.495 e. The summed E-state index contributed by atoms with van der Waals surface area (Å²) in [4.78, 5) is 0.222. The van der Waals surface area contributed by atoms with Gasteiger partial charge in [-0.3, -0.25) is 0 Å². The highest BCUT2D eigenvalue weighted by molar-refractivity contribution is 7.89. The number of ether oxygens (including phenoxy) is 1. The number of nitrogens with one attached hydrogen (secondary N) is 2. The van der Waals surface area contributed by atoms with Crippen LogP contribution in [0.15, 0.2) is 23.1 Å². The van der Waals surface area contributed by atoms with E-state index in [1.807, 2.05) is 13.0 Å². The smallest absolute Gasteiger partial charge is 0.244 e. The second-order valence-corrected chi connectivity index (χ2v) is 7.29. The molecule has 2 unspecified atom stereocenters. The molecule has 0 saturated heterocycles. The molecule has 0 bridgehead atoms. The maximum atomic E-state index is 12.5. The van der Waals surface area contributed by atoms with Crippen LogP contribution in [0.1, 0.15) is 32.3 Å². The molecule has 118 valence electrons. The number of hydrogen-bond donors (Lipinski definition) is 2. The van der Waals surface area contributed by atoms with Gasteiger partial charge in [0.2, 0.25) is 10.0 Å². The van der Waals surface area contributed by atoms with Gasteiger partial charge in [-0.15, -0.1) is 0 Å². The second kappa shape index (κ2) is 6.77. The van der Waals surface area contributed by atoms with E-state index in [9.17, 15) is 8.42 Å². The summed E-state index contributed by atoms with van der Waals surface area (Å²) < 4.78 is 32.9. The summed E-state index contributed by atoms with van der Waals surface area (Å²) in [7, 11) is -2.04. The SMILES string of the molecule is CCCNCc1ccc(OC)c(S(=O)(=O)NC2CC2C)c1. The van der Waals surface area contributed by atoms with Crippen molar-refractivity contribution in [1.29, 1.82) is 0 Å². The third-order valence-electron chi connectivity index (χ3n) is 3.69. The van der Waals surface area contributed by atoms with Crippen molar-refractivity contribution in [3.8, 4) is 5.75 Å². The van der Waals surface area contributed by atoms with E-state index in [1.54, 1.807) is 12.1 Å². The quantitative estimate of drug-likeness (QED) is 0.719. The van der Waals surface area contributed by atoms with Crippen LogP contribution in [0.2, 0.25) is 0 Å². The van der Waals surface area contributed by atoms with E-state index in [2.05, 4.69) is 17.0 Å². The highest BCUT2D eigenvalue weighted by atomic mass is 32.2. The van der Waals surface area contributed by atoms with E-state index in [1.165, 1.54) is 7.11 Å². The predicted octanol–water partition coefficient (Wildman–Crippen LogP) is 1.88. The van der Waals surface area contributed by atoms with Gasteiger partial charge < -0.3 is 10.1 Å². The summed E-state index contributed by atoms with van der Waals surface area (Å²) in [5.41, 5.74) is 0.938. The highest BCUT2D eigenvalue weighted by Gasteiger charge is 2.37. The van der Waals surface area contributed by atoms with Gasteiger partial charge in [0.25, 0.3) is 0 Å². The summed E-state index contributed by atoms with van der Waals surface area (Å²) in [6, 6.07) is 5.35. The molecule has 1 aliphatic carbocycles. The molecule has 6 heteroatoms. The first-order valence-electron chi connectivity index (χ1n) is 7.38. The van der Waals surface area contributed by atoms with Crippen molar-refractivity contribution < 1.29 is 13.2 Å². The molecule has 21 heavy (non-hydrogen) atoms. The molecule has 2 N–H and O–H groups in total. The molecule has 1 aliphatic rings. The fourth-order valence-corrected chi connectivity index (χ4v) is 3.78. The monoisotopic (exact) mass is 312 g/mol. The van der Waals surface area contributed by atoms with E-state index in [0.29, 0.717) is 18.2 Å². The molecule has 2 rings (SSSR count). The lowest BCUT2D eigenvalue weighted by atomic mass is 10.2. The van der Waals surface area contributed by atoms with Gasteiger partial charge in [-0.1, -0.05) is 19.9 Å². The number of benzene rings is 1. The van der Waals surface area contributed by atoms with Crippen LogP contribution in [-0.2, 0) is 16.6 Å². The zero-order valence-electron chi connectivity index (χ0n) is 12.8. The van der Waals surface area contributed by atoms with Crippen LogP contribution in [0, 0.1) is 5.92 Å². The zero-order chi connectivity index (χ0) is 15.5. The molecule has 1 aromatic carbocycles. The lowest BCUT2D eigenvalue weighted by Crippen LogP contribution is -2.27. The fraction of sp³-hybridized carbons (Fsp3) is 0.600. The Labute approximate surface area is 127 Å². The molecule has 0 amide bonds. The molecule has 0 aliphatic heterocycles. The first-order valence-corrected chi connectivity index (χ1v) is 8.86. The van der Waals surface area contributed by atoms with Gasteiger partial charge in [-0.2, -0.15) is 0 Å². The zero-order valence-corrected chi connectivity index (χ0v) is 13.7. The van der Waals surface area contributed by atoms with E-state index in [4.69, 9.17) is 4.74 Å². The van der Waals surface area contributed by atoms with Gasteiger partial charge in [0.1, 0.15) is 10.6 Å². The first kappa shape index (κ1) is 16.3. The van der Waals surface area contributed by atoms with Crippen molar-refractivity contribution in [1.82, 2.24) is 10.0 Å². The van der Waals surface area contributed by atoms with Gasteiger partial charge in [0.15, 0.2) is 0 Å². The van der Waals surface area contributed by atoms with Crippen molar-refractivity contribution in [2.75, 3.05) is 13.7 Å². The van der Waals surface area contributed by atoms with Crippen molar-refractivity contribution in [3.63, 3.8) is 0 Å². The fourth-order valence-electron chi connectivity index (χ4n) is 2.20. The van der Waals surface area contributed by atoms with E-state index in [0.717, 1.165) is 24.9 Å². The third-order valence-corrected chi connectivity index (χ3v) is 5.20. The summed E-state index contributed by atoms with van der Waals surface area (Å²) >= 11 is 0. The number of methoxy groups -OCH3 is 1. The average Bonchev–Trinajstić information content (AvgIpc) is 3.13. The van der Waals surface area contributed by atoms with Crippen LogP contribution in [0.3, 0.4) is 0 Å². The molecule has 2 atom stereocenters. The number of sulfonamides is 1. The van der Waals surface area contributed by atoms with Crippen molar-refractivity contribution in [3.05, 3.63) is 23.8 Å². The normalized spacial score (nSPS) is 21.3. The minimum absolute atomic E-state index is 0.0570. The number of hydrogen-bond acceptors (Lipinski definition) is 4. The maximum absolute atomic E-state index is 12.5. The predicted molar refractivity (Wildman–Crippen MR) is 82.9 cm³/mol. The van der Waals surface area contributed by atoms with Crippen LogP contribution < -0.4 is 14.8 Å². The molecule has 1 aromatic rings. The second-order valence-electron chi connectivity index (χ2n) is 5.60. The summed E-state index contributed by atoms with van der Waals surface area (Å²) in [6.45, 7) is 5.69. The summed E-state index contributed by atoms with van der Waals surface area (Å²) in [6.07, 6.45) is 1.95. The highest BCUT2D eigenvalue weighted by Crippen LogP contribution is 2.32. The van der Waals surface area contributed by atoms with Crippen LogP contribution >= 0.6 is 0 Å². The Morgan fingerprint density at radius 2 is 2.10 bits per heavy atom. The average molecular weight is 312 g/mol. The van der Waals surface area contributed by atoms with Crippen LogP contribution in [0.4, 0.5) is 0 Å². The Bertz CT molecular complexity index is 587. The summed E-state index contributed by atoms with van der Waals surface area (Å²) in [5, 5.41) is 3.27. The Balaban J connectivity index is 2.20. The molecule has 0 heterocycles. The lowest BCUT2D eigenvalue weighted by Gasteiger charge is -2.12. The van der Waals surface area contributed by atoms with Gasteiger partial charge in [0.05, 0.1) is 7.11 Å². The topological polar surface area (TPSA) is 67.4 Å². The molecular formula is C15H24N2O3S. The molecule has 0 aromatic heterocycles. The van der Waals surface area contributed by atoms with Gasteiger partial charge in [0, 0.05) is 12.6 Å². The number of rotatable bonds is 8.